The molecule has 1 fully saturated rings. The predicted octanol–water partition coefficient (Wildman–Crippen LogP) is 4.86. The van der Waals surface area contributed by atoms with Crippen LogP contribution in [0.4, 0.5) is 11.5 Å². The largest absolute Gasteiger partial charge is 0.353 e. The third kappa shape index (κ3) is 5.03. The first-order valence-electron chi connectivity index (χ1n) is 10.7. The van der Waals surface area contributed by atoms with E-state index in [0.717, 1.165) is 56.2 Å². The zero-order valence-electron chi connectivity index (χ0n) is 18.1. The van der Waals surface area contributed by atoms with E-state index in [0.29, 0.717) is 5.88 Å². The van der Waals surface area contributed by atoms with E-state index in [1.54, 1.807) is 11.5 Å². The van der Waals surface area contributed by atoms with Crippen LogP contribution in [0, 0.1) is 5.41 Å². The van der Waals surface area contributed by atoms with Gasteiger partial charge in [0.15, 0.2) is 0 Å². The molecule has 1 N–H and O–H groups in total. The molecule has 1 aromatic heterocycles. The maximum absolute atomic E-state index is 12.5. The molecule has 1 aliphatic rings. The highest BCUT2D eigenvalue weighted by atomic mass is 35.5. The quantitative estimate of drug-likeness (QED) is 0.515. The zero-order chi connectivity index (χ0) is 21.8. The predicted molar refractivity (Wildman–Crippen MR) is 132 cm³/mol. The van der Waals surface area contributed by atoms with Crippen molar-refractivity contribution in [3.8, 4) is 0 Å². The van der Waals surface area contributed by atoms with E-state index in [4.69, 9.17) is 16.0 Å². The van der Waals surface area contributed by atoms with Crippen LogP contribution < -0.4 is 10.2 Å². The van der Waals surface area contributed by atoms with E-state index in [1.165, 1.54) is 10.1 Å². The molecule has 2 aromatic carbocycles. The molecule has 1 amide bonds. The molecular formula is C24H29ClN4OS. The number of hydrogen-bond donors (Lipinski definition) is 1. The van der Waals surface area contributed by atoms with Gasteiger partial charge in [0.25, 0.3) is 0 Å². The summed E-state index contributed by atoms with van der Waals surface area (Å²) in [7, 11) is 0. The number of aromatic nitrogens is 1. The van der Waals surface area contributed by atoms with Crippen LogP contribution in [0.2, 0.25) is 0 Å². The number of rotatable bonds is 7. The maximum atomic E-state index is 12.5. The van der Waals surface area contributed by atoms with Crippen LogP contribution in [0.25, 0.3) is 10.1 Å². The van der Waals surface area contributed by atoms with Crippen LogP contribution in [0.15, 0.2) is 48.5 Å². The Kier molecular flexibility index (Phi) is 6.80. The number of amides is 1. The third-order valence-corrected chi connectivity index (χ3v) is 7.43. The summed E-state index contributed by atoms with van der Waals surface area (Å²) in [6.07, 6.45) is 0.900. The molecular weight excluding hydrogens is 428 g/mol. The fraction of sp³-hybridized carbons (Fsp3) is 0.417. The molecule has 1 saturated heterocycles. The number of carbonyl (C=O) groups is 1. The van der Waals surface area contributed by atoms with E-state index < -0.39 is 5.41 Å². The average Bonchev–Trinajstić information content (AvgIpc) is 3.23. The van der Waals surface area contributed by atoms with Gasteiger partial charge in [-0.1, -0.05) is 30.3 Å². The molecule has 0 spiro atoms. The van der Waals surface area contributed by atoms with Crippen molar-refractivity contribution in [2.45, 2.75) is 20.3 Å². The van der Waals surface area contributed by atoms with Gasteiger partial charge in [0.2, 0.25) is 5.91 Å². The molecule has 0 radical (unpaired) electrons. The number of nitrogens with one attached hydrogen (secondary N) is 1. The van der Waals surface area contributed by atoms with E-state index in [9.17, 15) is 4.79 Å². The van der Waals surface area contributed by atoms with E-state index in [-0.39, 0.29) is 5.91 Å². The smallest absolute Gasteiger partial charge is 0.231 e. The SMILES string of the molecule is CC(C)(CCl)C(=O)Nc1ccccc1CCN1CCN(c2nsc3ccccc23)CC1. The summed E-state index contributed by atoms with van der Waals surface area (Å²) < 4.78 is 5.95. The Balaban J connectivity index is 1.34. The molecule has 0 saturated carbocycles. The number of benzene rings is 2. The van der Waals surface area contributed by atoms with Gasteiger partial charge in [-0.3, -0.25) is 9.69 Å². The van der Waals surface area contributed by atoms with Crippen LogP contribution in [-0.4, -0.2) is 53.8 Å². The minimum absolute atomic E-state index is 0.0425. The highest BCUT2D eigenvalue weighted by molar-refractivity contribution is 7.13. The van der Waals surface area contributed by atoms with Crippen molar-refractivity contribution in [1.82, 2.24) is 9.27 Å². The topological polar surface area (TPSA) is 48.5 Å². The molecule has 31 heavy (non-hydrogen) atoms. The van der Waals surface area contributed by atoms with Crippen LogP contribution >= 0.6 is 23.1 Å². The lowest BCUT2D eigenvalue weighted by Gasteiger charge is -2.35. The summed E-state index contributed by atoms with van der Waals surface area (Å²) in [5, 5.41) is 4.33. The standard InChI is InChI=1S/C24H29ClN4OS/c1-24(2,17-25)23(30)26-20-9-5-3-7-18(20)11-12-28-13-15-29(16-14-28)22-19-8-4-6-10-21(19)31-27-22/h3-10H,11-17H2,1-2H3,(H,26,30). The first-order chi connectivity index (χ1) is 15.0. The highest BCUT2D eigenvalue weighted by Crippen LogP contribution is 2.30. The number of anilines is 2. The summed E-state index contributed by atoms with van der Waals surface area (Å²) in [5.41, 5.74) is 1.46. The number of fused-ring (bicyclic) bond motifs is 1. The molecule has 7 heteroatoms. The molecule has 0 aliphatic carbocycles. The molecule has 2 heterocycles. The number of alkyl halides is 1. The summed E-state index contributed by atoms with van der Waals surface area (Å²) in [6, 6.07) is 16.5. The van der Waals surface area contributed by atoms with Crippen LogP contribution in [0.1, 0.15) is 19.4 Å². The first-order valence-corrected chi connectivity index (χ1v) is 12.1. The van der Waals surface area contributed by atoms with Gasteiger partial charge in [0.1, 0.15) is 5.82 Å². The number of nitrogens with zero attached hydrogens (tertiary/aromatic N) is 3. The highest BCUT2D eigenvalue weighted by Gasteiger charge is 2.27. The Labute approximate surface area is 193 Å². The zero-order valence-corrected chi connectivity index (χ0v) is 19.7. The summed E-state index contributed by atoms with van der Waals surface area (Å²) in [6.45, 7) is 8.69. The minimum atomic E-state index is -0.592. The average molecular weight is 457 g/mol. The van der Waals surface area contributed by atoms with Crippen molar-refractivity contribution >= 4 is 50.6 Å². The van der Waals surface area contributed by atoms with Crippen molar-refractivity contribution in [2.24, 2.45) is 5.41 Å². The Morgan fingerprint density at radius 3 is 2.58 bits per heavy atom. The van der Waals surface area contributed by atoms with E-state index in [1.807, 2.05) is 32.0 Å². The molecule has 0 bridgehead atoms. The van der Waals surface area contributed by atoms with Crippen molar-refractivity contribution in [3.63, 3.8) is 0 Å². The normalized spacial score (nSPS) is 15.4. The maximum Gasteiger partial charge on any atom is 0.231 e. The van der Waals surface area contributed by atoms with Gasteiger partial charge in [-0.05, 0) is 55.6 Å². The molecule has 4 rings (SSSR count). The van der Waals surface area contributed by atoms with Crippen LogP contribution in [0.5, 0.6) is 0 Å². The van der Waals surface area contributed by atoms with E-state index >= 15 is 0 Å². The number of halogens is 1. The van der Waals surface area contributed by atoms with Crippen LogP contribution in [-0.2, 0) is 11.2 Å². The molecule has 0 unspecified atom stereocenters. The van der Waals surface area contributed by atoms with Gasteiger partial charge in [0.05, 0.1) is 10.1 Å². The van der Waals surface area contributed by atoms with Crippen molar-refractivity contribution in [2.75, 3.05) is 48.8 Å². The van der Waals surface area contributed by atoms with Crippen molar-refractivity contribution < 1.29 is 4.79 Å². The molecule has 3 aromatic rings. The fourth-order valence-electron chi connectivity index (χ4n) is 3.77. The van der Waals surface area contributed by atoms with Gasteiger partial charge < -0.3 is 10.2 Å². The van der Waals surface area contributed by atoms with Gasteiger partial charge in [0, 0.05) is 49.7 Å². The van der Waals surface area contributed by atoms with E-state index in [2.05, 4.69) is 45.4 Å². The lowest BCUT2D eigenvalue weighted by molar-refractivity contribution is -0.122. The lowest BCUT2D eigenvalue weighted by atomic mass is 9.95. The summed E-state index contributed by atoms with van der Waals surface area (Å²) in [4.78, 5) is 17.4. The summed E-state index contributed by atoms with van der Waals surface area (Å²) >= 11 is 7.54. The lowest BCUT2D eigenvalue weighted by Crippen LogP contribution is -2.47. The molecule has 164 valence electrons. The second-order valence-corrected chi connectivity index (χ2v) is 9.78. The minimum Gasteiger partial charge on any atom is -0.353 e. The third-order valence-electron chi connectivity index (χ3n) is 5.94. The first kappa shape index (κ1) is 22.1. The summed E-state index contributed by atoms with van der Waals surface area (Å²) in [5.74, 6) is 1.37. The second-order valence-electron chi connectivity index (χ2n) is 8.71. The Morgan fingerprint density at radius 2 is 1.81 bits per heavy atom. The Morgan fingerprint density at radius 1 is 1.10 bits per heavy atom. The van der Waals surface area contributed by atoms with Crippen molar-refractivity contribution in [1.29, 1.82) is 0 Å². The second kappa shape index (κ2) is 9.55. The number of hydrogen-bond acceptors (Lipinski definition) is 5. The van der Waals surface area contributed by atoms with Crippen LogP contribution in [0.3, 0.4) is 0 Å². The van der Waals surface area contributed by atoms with Gasteiger partial charge in [-0.2, -0.15) is 4.37 Å². The van der Waals surface area contributed by atoms with Gasteiger partial charge in [-0.15, -0.1) is 11.6 Å². The monoisotopic (exact) mass is 456 g/mol. The van der Waals surface area contributed by atoms with Gasteiger partial charge in [-0.25, -0.2) is 0 Å². The Hall–Kier alpha value is -2.15. The molecule has 0 atom stereocenters. The fourth-order valence-corrected chi connectivity index (χ4v) is 4.69. The number of carbonyl (C=O) groups excluding carboxylic acids is 1. The molecule has 5 nitrogen and oxygen atoms in total. The Bertz CT molecular complexity index is 1040. The van der Waals surface area contributed by atoms with Crippen molar-refractivity contribution in [3.05, 3.63) is 54.1 Å². The number of piperazine rings is 1. The molecule has 1 aliphatic heterocycles. The number of para-hydroxylation sites is 1. The van der Waals surface area contributed by atoms with Gasteiger partial charge >= 0.3 is 0 Å².